The summed E-state index contributed by atoms with van der Waals surface area (Å²) in [4.78, 5) is 24.9. The topological polar surface area (TPSA) is 90.9 Å². The molecule has 128 valence electrons. The summed E-state index contributed by atoms with van der Waals surface area (Å²) in [5.41, 5.74) is 2.78. The van der Waals surface area contributed by atoms with Gasteiger partial charge in [0.2, 0.25) is 0 Å². The summed E-state index contributed by atoms with van der Waals surface area (Å²) in [6, 6.07) is 18.1. The number of Topliss-reactive ketones (excluding diaryl/α,β-unsaturated/α-hetero) is 1. The second-order valence-corrected chi connectivity index (χ2v) is 6.27. The van der Waals surface area contributed by atoms with E-state index in [4.69, 9.17) is 15.3 Å². The minimum atomic E-state index is -0.867. The Hall–Kier alpha value is -3.44. The highest BCUT2D eigenvalue weighted by molar-refractivity contribution is 6.02. The Labute approximate surface area is 151 Å². The maximum Gasteiger partial charge on any atom is 0.316 e. The van der Waals surface area contributed by atoms with E-state index < -0.39 is 11.9 Å². The number of ketones is 1. The Balaban J connectivity index is 2.06. The molecule has 26 heavy (non-hydrogen) atoms. The van der Waals surface area contributed by atoms with Gasteiger partial charge in [-0.3, -0.25) is 9.59 Å². The van der Waals surface area contributed by atoms with Gasteiger partial charge in [-0.05, 0) is 41.3 Å². The molecule has 1 fully saturated rings. The van der Waals surface area contributed by atoms with Crippen molar-refractivity contribution in [3.05, 3.63) is 70.8 Å². The van der Waals surface area contributed by atoms with E-state index in [-0.39, 0.29) is 24.0 Å². The number of carbonyl (C=O) groups is 2. The molecule has 2 aromatic rings. The molecule has 0 heterocycles. The lowest BCUT2D eigenvalue weighted by atomic mass is 9.79. The molecular weight excluding hydrogens is 328 g/mol. The zero-order valence-electron chi connectivity index (χ0n) is 14.2. The Bertz CT molecular complexity index is 918. The first-order chi connectivity index (χ1) is 12.6. The zero-order valence-corrected chi connectivity index (χ0v) is 14.2. The maximum atomic E-state index is 12.6. The van der Waals surface area contributed by atoms with Crippen molar-refractivity contribution in [2.75, 3.05) is 7.11 Å². The minimum absolute atomic E-state index is 0.152. The molecule has 0 radical (unpaired) electrons. The van der Waals surface area contributed by atoms with Crippen molar-refractivity contribution in [3.8, 4) is 12.1 Å². The van der Waals surface area contributed by atoms with Crippen molar-refractivity contribution >= 4 is 11.8 Å². The maximum absolute atomic E-state index is 12.6. The smallest absolute Gasteiger partial charge is 0.316 e. The lowest BCUT2D eigenvalue weighted by molar-refractivity contribution is -0.148. The van der Waals surface area contributed by atoms with Gasteiger partial charge in [-0.2, -0.15) is 10.5 Å². The van der Waals surface area contributed by atoms with Crippen LogP contribution in [-0.4, -0.2) is 18.9 Å². The van der Waals surface area contributed by atoms with Crippen molar-refractivity contribution in [1.82, 2.24) is 0 Å². The largest absolute Gasteiger partial charge is 0.468 e. The highest BCUT2D eigenvalue weighted by Gasteiger charge is 2.48. The van der Waals surface area contributed by atoms with E-state index in [1.54, 1.807) is 36.4 Å². The van der Waals surface area contributed by atoms with E-state index >= 15 is 0 Å². The number of ether oxygens (including phenoxy) is 1. The fourth-order valence-electron chi connectivity index (χ4n) is 3.64. The molecule has 0 saturated heterocycles. The van der Waals surface area contributed by atoms with Gasteiger partial charge in [0.1, 0.15) is 11.7 Å². The van der Waals surface area contributed by atoms with Crippen LogP contribution in [0.4, 0.5) is 0 Å². The summed E-state index contributed by atoms with van der Waals surface area (Å²) in [5, 5.41) is 18.0. The summed E-state index contributed by atoms with van der Waals surface area (Å²) in [6.07, 6.45) is 0.232. The van der Waals surface area contributed by atoms with Crippen LogP contribution >= 0.6 is 0 Å². The van der Waals surface area contributed by atoms with Gasteiger partial charge in [-0.25, -0.2) is 0 Å². The number of hydrogen-bond donors (Lipinski definition) is 0. The number of nitrogens with zero attached hydrogens (tertiary/aromatic N) is 2. The van der Waals surface area contributed by atoms with E-state index in [0.29, 0.717) is 11.1 Å². The molecule has 5 nitrogen and oxygen atoms in total. The summed E-state index contributed by atoms with van der Waals surface area (Å²) in [6.45, 7) is 0. The number of carbonyl (C=O) groups excluding carboxylic acids is 2. The lowest BCUT2D eigenvalue weighted by Crippen LogP contribution is -2.26. The number of hydrogen-bond acceptors (Lipinski definition) is 5. The molecule has 0 amide bonds. The van der Waals surface area contributed by atoms with Crippen LogP contribution in [0.2, 0.25) is 0 Å². The second-order valence-electron chi connectivity index (χ2n) is 6.27. The number of esters is 1. The molecule has 0 aliphatic heterocycles. The number of rotatable bonds is 3. The third kappa shape index (κ3) is 3.08. The number of methoxy groups -OCH3 is 1. The van der Waals surface area contributed by atoms with Crippen molar-refractivity contribution in [3.63, 3.8) is 0 Å². The molecular formula is C21H16N2O3. The van der Waals surface area contributed by atoms with Crippen molar-refractivity contribution in [2.24, 2.45) is 5.92 Å². The second kappa shape index (κ2) is 7.21. The predicted molar refractivity (Wildman–Crippen MR) is 92.9 cm³/mol. The Morgan fingerprint density at radius 1 is 0.962 bits per heavy atom. The van der Waals surface area contributed by atoms with Gasteiger partial charge in [0.25, 0.3) is 0 Å². The normalized spacial score (nSPS) is 21.7. The molecule has 3 rings (SSSR count). The van der Waals surface area contributed by atoms with E-state index in [1.807, 2.05) is 12.1 Å². The van der Waals surface area contributed by atoms with Crippen molar-refractivity contribution in [2.45, 2.75) is 18.3 Å². The average molecular weight is 344 g/mol. The third-order valence-corrected chi connectivity index (χ3v) is 4.91. The van der Waals surface area contributed by atoms with Gasteiger partial charge >= 0.3 is 5.97 Å². The van der Waals surface area contributed by atoms with Gasteiger partial charge in [-0.1, -0.05) is 24.3 Å². The summed E-state index contributed by atoms with van der Waals surface area (Å²) >= 11 is 0. The van der Waals surface area contributed by atoms with Gasteiger partial charge in [0.15, 0.2) is 0 Å². The molecule has 1 saturated carbocycles. The van der Waals surface area contributed by atoms with Crippen LogP contribution in [0.1, 0.15) is 40.5 Å². The molecule has 1 aliphatic rings. The predicted octanol–water partition coefficient (Wildman–Crippen LogP) is 3.06. The van der Waals surface area contributed by atoms with E-state index in [0.717, 1.165) is 11.1 Å². The monoisotopic (exact) mass is 344 g/mol. The van der Waals surface area contributed by atoms with Crippen LogP contribution in [0, 0.1) is 28.6 Å². The first-order valence-corrected chi connectivity index (χ1v) is 8.19. The Morgan fingerprint density at radius 2 is 1.46 bits per heavy atom. The van der Waals surface area contributed by atoms with Crippen LogP contribution in [-0.2, 0) is 14.3 Å². The zero-order chi connectivity index (χ0) is 18.7. The Kier molecular flexibility index (Phi) is 4.82. The van der Waals surface area contributed by atoms with E-state index in [1.165, 1.54) is 7.11 Å². The van der Waals surface area contributed by atoms with Crippen molar-refractivity contribution < 1.29 is 14.3 Å². The molecule has 5 heteroatoms. The first-order valence-electron chi connectivity index (χ1n) is 8.19. The molecule has 0 spiro atoms. The van der Waals surface area contributed by atoms with E-state index in [2.05, 4.69) is 12.1 Å². The standard InChI is InChI=1S/C21H16N2O3/c1-26-21(25)20-18(24)10-17(15-6-2-13(11-22)3-7-15)19(20)16-8-4-14(12-23)5-9-16/h2-9,17,19-20H,10H2,1H3/t17-,19-,20-/m0/s1. The molecule has 2 aromatic carbocycles. The molecule has 0 unspecified atom stereocenters. The fraction of sp³-hybridized carbons (Fsp3) is 0.238. The lowest BCUT2D eigenvalue weighted by Gasteiger charge is -2.23. The van der Waals surface area contributed by atoms with Gasteiger partial charge < -0.3 is 4.74 Å². The van der Waals surface area contributed by atoms with Gasteiger partial charge in [-0.15, -0.1) is 0 Å². The molecule has 3 atom stereocenters. The van der Waals surface area contributed by atoms with Gasteiger partial charge in [0, 0.05) is 12.3 Å². The first kappa shape index (κ1) is 17.4. The third-order valence-electron chi connectivity index (χ3n) is 4.91. The average Bonchev–Trinajstić information content (AvgIpc) is 3.04. The molecule has 0 aromatic heterocycles. The van der Waals surface area contributed by atoms with Gasteiger partial charge in [0.05, 0.1) is 30.4 Å². The number of nitriles is 2. The van der Waals surface area contributed by atoms with Crippen LogP contribution in [0.3, 0.4) is 0 Å². The van der Waals surface area contributed by atoms with Crippen LogP contribution < -0.4 is 0 Å². The highest BCUT2D eigenvalue weighted by atomic mass is 16.5. The van der Waals surface area contributed by atoms with Crippen LogP contribution in [0.25, 0.3) is 0 Å². The van der Waals surface area contributed by atoms with Crippen LogP contribution in [0.5, 0.6) is 0 Å². The molecule has 0 N–H and O–H groups in total. The number of benzene rings is 2. The summed E-state index contributed by atoms with van der Waals surface area (Å²) in [5.74, 6) is -2.11. The van der Waals surface area contributed by atoms with Crippen LogP contribution in [0.15, 0.2) is 48.5 Å². The summed E-state index contributed by atoms with van der Waals surface area (Å²) in [7, 11) is 1.28. The Morgan fingerprint density at radius 3 is 1.92 bits per heavy atom. The van der Waals surface area contributed by atoms with E-state index in [9.17, 15) is 9.59 Å². The highest BCUT2D eigenvalue weighted by Crippen LogP contribution is 2.48. The minimum Gasteiger partial charge on any atom is -0.468 e. The molecule has 0 bridgehead atoms. The van der Waals surface area contributed by atoms with Crippen molar-refractivity contribution in [1.29, 1.82) is 10.5 Å². The quantitative estimate of drug-likeness (QED) is 0.630. The molecule has 1 aliphatic carbocycles. The SMILES string of the molecule is COC(=O)[C@H]1C(=O)C[C@@H](c2ccc(C#N)cc2)[C@@H]1c1ccc(C#N)cc1. The summed E-state index contributed by atoms with van der Waals surface area (Å²) < 4.78 is 4.87. The fourth-order valence-corrected chi connectivity index (χ4v) is 3.64.